The van der Waals surface area contributed by atoms with Gasteiger partial charge in [0.05, 0.1) is 12.8 Å². The van der Waals surface area contributed by atoms with E-state index in [1.54, 1.807) is 6.20 Å². The van der Waals surface area contributed by atoms with Gasteiger partial charge in [-0.2, -0.15) is 0 Å². The molecule has 2 aromatic rings. The van der Waals surface area contributed by atoms with Crippen LogP contribution in [0.3, 0.4) is 0 Å². The van der Waals surface area contributed by atoms with Crippen molar-refractivity contribution in [1.29, 1.82) is 0 Å². The third-order valence-corrected chi connectivity index (χ3v) is 6.65. The molecule has 2 aromatic heterocycles. The van der Waals surface area contributed by atoms with E-state index in [4.69, 9.17) is 16.2 Å². The first-order valence-electron chi connectivity index (χ1n) is 8.90. The van der Waals surface area contributed by atoms with Crippen LogP contribution in [0.15, 0.2) is 28.4 Å². The fraction of sp³-hybridized carbons (Fsp3) is 0.500. The average Bonchev–Trinajstić information content (AvgIpc) is 3.09. The Bertz CT molecular complexity index is 798. The van der Waals surface area contributed by atoms with Crippen LogP contribution in [-0.2, 0) is 4.74 Å². The molecule has 0 atom stereocenters. The standard InChI is InChI=1S/C18H24N6OS/c1-12-13(2-6-21-15(12)19)26-17-16(20)23-14(10-22-17)24-7-3-18(4-8-24)5-9-25-11-18/h2,6,10H,3-5,7-9,11H2,1H3,(H2,19,21)(H2,20,23). The highest BCUT2D eigenvalue weighted by Gasteiger charge is 2.38. The second-order valence-electron chi connectivity index (χ2n) is 7.13. The molecule has 4 heterocycles. The maximum Gasteiger partial charge on any atom is 0.158 e. The lowest BCUT2D eigenvalue weighted by Gasteiger charge is -2.38. The SMILES string of the molecule is Cc1c(Sc2ncc(N3CCC4(CCOC4)CC3)nc2N)ccnc1N. The topological polar surface area (TPSA) is 103 Å². The lowest BCUT2D eigenvalue weighted by molar-refractivity contribution is 0.133. The number of ether oxygens (including phenoxy) is 1. The summed E-state index contributed by atoms with van der Waals surface area (Å²) in [5.74, 6) is 1.83. The highest BCUT2D eigenvalue weighted by atomic mass is 32.2. The fourth-order valence-electron chi connectivity index (χ4n) is 3.62. The van der Waals surface area contributed by atoms with Crippen molar-refractivity contribution in [3.63, 3.8) is 0 Å². The van der Waals surface area contributed by atoms with E-state index in [1.165, 1.54) is 18.2 Å². The molecule has 1 spiro atoms. The summed E-state index contributed by atoms with van der Waals surface area (Å²) in [6.45, 7) is 5.70. The summed E-state index contributed by atoms with van der Waals surface area (Å²) in [4.78, 5) is 16.5. The fourth-order valence-corrected chi connectivity index (χ4v) is 4.47. The van der Waals surface area contributed by atoms with Gasteiger partial charge in [-0.05, 0) is 37.7 Å². The van der Waals surface area contributed by atoms with Crippen molar-refractivity contribution in [3.8, 4) is 0 Å². The van der Waals surface area contributed by atoms with Gasteiger partial charge in [-0.3, -0.25) is 0 Å². The number of hydrogen-bond donors (Lipinski definition) is 2. The van der Waals surface area contributed by atoms with E-state index < -0.39 is 0 Å². The predicted molar refractivity (Wildman–Crippen MR) is 103 cm³/mol. The summed E-state index contributed by atoms with van der Waals surface area (Å²) >= 11 is 1.47. The summed E-state index contributed by atoms with van der Waals surface area (Å²) in [6.07, 6.45) is 6.97. The molecule has 4 N–H and O–H groups in total. The van der Waals surface area contributed by atoms with Crippen LogP contribution in [0.4, 0.5) is 17.5 Å². The molecule has 0 radical (unpaired) electrons. The molecule has 4 rings (SSSR count). The second-order valence-corrected chi connectivity index (χ2v) is 8.16. The maximum atomic E-state index is 6.19. The Labute approximate surface area is 157 Å². The number of pyridine rings is 1. The molecular formula is C18H24N6OS. The highest BCUT2D eigenvalue weighted by Crippen LogP contribution is 2.40. The number of nitrogen functional groups attached to an aromatic ring is 2. The van der Waals surface area contributed by atoms with Gasteiger partial charge in [0.2, 0.25) is 0 Å². The molecule has 2 aliphatic heterocycles. The Morgan fingerprint density at radius 1 is 1.15 bits per heavy atom. The number of nitrogens with zero attached hydrogens (tertiary/aromatic N) is 4. The Morgan fingerprint density at radius 2 is 1.96 bits per heavy atom. The lowest BCUT2D eigenvalue weighted by Crippen LogP contribution is -2.41. The minimum atomic E-state index is 0.379. The Morgan fingerprint density at radius 3 is 2.65 bits per heavy atom. The van der Waals surface area contributed by atoms with E-state index in [1.807, 2.05) is 19.2 Å². The smallest absolute Gasteiger partial charge is 0.158 e. The maximum absolute atomic E-state index is 6.19. The Kier molecular flexibility index (Phi) is 4.62. The van der Waals surface area contributed by atoms with Crippen LogP contribution in [0, 0.1) is 12.3 Å². The van der Waals surface area contributed by atoms with E-state index in [2.05, 4.69) is 19.9 Å². The zero-order valence-electron chi connectivity index (χ0n) is 14.9. The zero-order valence-corrected chi connectivity index (χ0v) is 15.8. The molecular weight excluding hydrogens is 348 g/mol. The number of aromatic nitrogens is 3. The van der Waals surface area contributed by atoms with Gasteiger partial charge in [0.1, 0.15) is 16.7 Å². The van der Waals surface area contributed by atoms with Crippen molar-refractivity contribution < 1.29 is 4.74 Å². The minimum Gasteiger partial charge on any atom is -0.383 e. The molecule has 2 fully saturated rings. The number of anilines is 3. The normalized spacial score (nSPS) is 19.2. The van der Waals surface area contributed by atoms with Gasteiger partial charge in [-0.15, -0.1) is 0 Å². The summed E-state index contributed by atoms with van der Waals surface area (Å²) in [5.41, 5.74) is 13.4. The second kappa shape index (κ2) is 6.92. The molecule has 0 aliphatic carbocycles. The Hall–Kier alpha value is -2.06. The first kappa shape index (κ1) is 17.4. The summed E-state index contributed by atoms with van der Waals surface area (Å²) in [7, 11) is 0. The molecule has 0 aromatic carbocycles. The first-order chi connectivity index (χ1) is 12.6. The van der Waals surface area contributed by atoms with E-state index >= 15 is 0 Å². The van der Waals surface area contributed by atoms with Crippen molar-refractivity contribution in [2.45, 2.75) is 36.1 Å². The number of piperidine rings is 1. The van der Waals surface area contributed by atoms with Crippen molar-refractivity contribution in [2.75, 3.05) is 42.7 Å². The highest BCUT2D eigenvalue weighted by molar-refractivity contribution is 7.99. The molecule has 2 saturated heterocycles. The summed E-state index contributed by atoms with van der Waals surface area (Å²) < 4.78 is 5.61. The molecule has 0 unspecified atom stereocenters. The van der Waals surface area contributed by atoms with Gasteiger partial charge >= 0.3 is 0 Å². The van der Waals surface area contributed by atoms with Crippen molar-refractivity contribution in [1.82, 2.24) is 15.0 Å². The minimum absolute atomic E-state index is 0.379. The molecule has 138 valence electrons. The van der Waals surface area contributed by atoms with E-state index in [-0.39, 0.29) is 0 Å². The van der Waals surface area contributed by atoms with Crippen LogP contribution in [0.5, 0.6) is 0 Å². The average molecular weight is 372 g/mol. The van der Waals surface area contributed by atoms with Crippen LogP contribution in [-0.4, -0.2) is 41.3 Å². The molecule has 8 heteroatoms. The molecule has 2 aliphatic rings. The summed E-state index contributed by atoms with van der Waals surface area (Å²) in [6, 6.07) is 1.92. The number of rotatable bonds is 3. The van der Waals surface area contributed by atoms with Crippen LogP contribution >= 0.6 is 11.8 Å². The molecule has 0 amide bonds. The molecule has 0 bridgehead atoms. The molecule has 0 saturated carbocycles. The molecule has 7 nitrogen and oxygen atoms in total. The molecule has 26 heavy (non-hydrogen) atoms. The lowest BCUT2D eigenvalue weighted by atomic mass is 9.78. The van der Waals surface area contributed by atoms with Gasteiger partial charge in [0.25, 0.3) is 0 Å². The third kappa shape index (κ3) is 3.31. The van der Waals surface area contributed by atoms with Crippen molar-refractivity contribution in [3.05, 3.63) is 24.0 Å². The number of nitrogens with two attached hydrogens (primary N) is 2. The van der Waals surface area contributed by atoms with Crippen LogP contribution in [0.25, 0.3) is 0 Å². The largest absolute Gasteiger partial charge is 0.383 e. The van der Waals surface area contributed by atoms with Gasteiger partial charge in [-0.25, -0.2) is 15.0 Å². The Balaban J connectivity index is 1.47. The van der Waals surface area contributed by atoms with E-state index in [9.17, 15) is 0 Å². The van der Waals surface area contributed by atoms with Crippen molar-refractivity contribution >= 4 is 29.2 Å². The van der Waals surface area contributed by atoms with Gasteiger partial charge in [0.15, 0.2) is 5.82 Å². The van der Waals surface area contributed by atoms with E-state index in [0.29, 0.717) is 22.1 Å². The first-order valence-corrected chi connectivity index (χ1v) is 9.72. The zero-order chi connectivity index (χ0) is 18.1. The van der Waals surface area contributed by atoms with E-state index in [0.717, 1.165) is 55.4 Å². The monoisotopic (exact) mass is 372 g/mol. The van der Waals surface area contributed by atoms with Crippen LogP contribution < -0.4 is 16.4 Å². The van der Waals surface area contributed by atoms with Crippen LogP contribution in [0.1, 0.15) is 24.8 Å². The quantitative estimate of drug-likeness (QED) is 0.847. The number of hydrogen-bond acceptors (Lipinski definition) is 8. The van der Waals surface area contributed by atoms with Gasteiger partial charge in [-0.1, -0.05) is 11.8 Å². The van der Waals surface area contributed by atoms with Crippen LogP contribution in [0.2, 0.25) is 0 Å². The van der Waals surface area contributed by atoms with Gasteiger partial charge in [0, 0.05) is 36.4 Å². The predicted octanol–water partition coefficient (Wildman–Crippen LogP) is 2.50. The third-order valence-electron chi connectivity index (χ3n) is 5.48. The summed E-state index contributed by atoms with van der Waals surface area (Å²) in [5, 5.41) is 0.695. The van der Waals surface area contributed by atoms with Gasteiger partial charge < -0.3 is 21.1 Å². The van der Waals surface area contributed by atoms with Crippen molar-refractivity contribution in [2.24, 2.45) is 5.41 Å².